The molecule has 1 saturated carbocycles. The van der Waals surface area contributed by atoms with Crippen molar-refractivity contribution in [2.75, 3.05) is 54.4 Å². The summed E-state index contributed by atoms with van der Waals surface area (Å²) in [6.45, 7) is 11.9. The number of aromatic nitrogens is 5. The molecular weight excluding hydrogens is 799 g/mol. The monoisotopic (exact) mass is 847 g/mol. The van der Waals surface area contributed by atoms with Gasteiger partial charge in [0.1, 0.15) is 11.4 Å². The van der Waals surface area contributed by atoms with Gasteiger partial charge in [-0.15, -0.1) is 6.58 Å². The van der Waals surface area contributed by atoms with Gasteiger partial charge >= 0.3 is 0 Å². The number of aryl methyl sites for hydroxylation is 1. The van der Waals surface area contributed by atoms with Gasteiger partial charge in [0, 0.05) is 92.0 Å². The van der Waals surface area contributed by atoms with Crippen LogP contribution < -0.4 is 26.0 Å². The van der Waals surface area contributed by atoms with Crippen LogP contribution in [0.3, 0.4) is 0 Å². The molecule has 16 heteroatoms. The smallest absolute Gasteiger partial charge is 0.278 e. The molecule has 63 heavy (non-hydrogen) atoms. The summed E-state index contributed by atoms with van der Waals surface area (Å²) in [7, 11) is 0. The maximum Gasteiger partial charge on any atom is 0.278 e. The molecule has 2 N–H and O–H groups in total. The van der Waals surface area contributed by atoms with Gasteiger partial charge < -0.3 is 15.1 Å². The van der Waals surface area contributed by atoms with E-state index in [2.05, 4.69) is 62.0 Å². The summed E-state index contributed by atoms with van der Waals surface area (Å²) in [4.78, 5) is 87.0. The highest BCUT2D eigenvalue weighted by molar-refractivity contribution is 6.23. The molecule has 4 amide bonds. The number of fused-ring (bicyclic) bond motifs is 3. The SMILES string of the molecule is C=CCn1c(=O)c2cnc(Nc3ccc(N4CC5(CC(N6CCN(c7ccc8c(c7)C(=O)N(C7CCC(=O)NC7=O)C8=O)CC6)C5)C4)cc3)nc2n1-c1ccc2c(n1)C(CC)CC2. The van der Waals surface area contributed by atoms with Crippen molar-refractivity contribution in [2.45, 2.75) is 76.4 Å². The molecule has 322 valence electrons. The molecule has 3 saturated heterocycles. The molecule has 11 rings (SSSR count). The van der Waals surface area contributed by atoms with Crippen LogP contribution in [0.15, 0.2) is 78.2 Å². The number of pyridine rings is 1. The van der Waals surface area contributed by atoms with Gasteiger partial charge in [-0.05, 0) is 92.6 Å². The van der Waals surface area contributed by atoms with Crippen molar-refractivity contribution >= 4 is 57.7 Å². The standard InChI is InChI=1S/C47H49N11O5/c1-3-17-56-43(61)36-25-48-46(52-41(36)58(56)38-15-7-29-6-5-28(4-2)40(29)50-38)49-30-8-10-31(11-9-30)55-26-47(27-55)23-33(24-47)54-20-18-53(19-21-54)32-12-13-34-35(22-32)45(63)57(44(34)62)37-14-16-39(59)51-42(37)60/h3,7-13,15,22,25,28,33,37H,1,4-6,14,16-21,23-24,26-27H2,2H3,(H,48,49,52)(H,51,59,60). The number of hydrogen-bond acceptors (Lipinski definition) is 12. The molecule has 2 aromatic carbocycles. The van der Waals surface area contributed by atoms with Crippen LogP contribution in [0.5, 0.6) is 0 Å². The van der Waals surface area contributed by atoms with Crippen LogP contribution in [-0.2, 0) is 22.6 Å². The molecule has 5 aromatic rings. The molecule has 6 aliphatic rings. The van der Waals surface area contributed by atoms with E-state index in [1.165, 1.54) is 24.1 Å². The van der Waals surface area contributed by atoms with Crippen LogP contribution in [0.2, 0.25) is 0 Å². The minimum absolute atomic E-state index is 0.0947. The molecular formula is C47H49N11O5. The van der Waals surface area contributed by atoms with Crippen molar-refractivity contribution in [3.63, 3.8) is 0 Å². The van der Waals surface area contributed by atoms with Gasteiger partial charge in [-0.3, -0.25) is 39.1 Å². The summed E-state index contributed by atoms with van der Waals surface area (Å²) in [6, 6.07) is 17.4. The van der Waals surface area contributed by atoms with Crippen LogP contribution in [-0.4, -0.2) is 109 Å². The fourth-order valence-corrected chi connectivity index (χ4v) is 10.9. The third-order valence-corrected chi connectivity index (χ3v) is 14.3. The number of piperazine rings is 1. The second-order valence-electron chi connectivity index (χ2n) is 18.1. The molecule has 0 radical (unpaired) electrons. The fourth-order valence-electron chi connectivity index (χ4n) is 10.9. The number of rotatable bonds is 10. The Kier molecular flexibility index (Phi) is 9.33. The first-order valence-electron chi connectivity index (χ1n) is 22.2. The minimum atomic E-state index is -0.970. The predicted octanol–water partition coefficient (Wildman–Crippen LogP) is 4.54. The van der Waals surface area contributed by atoms with E-state index < -0.39 is 23.8 Å². The van der Waals surface area contributed by atoms with Gasteiger partial charge in [-0.2, -0.15) is 4.98 Å². The molecule has 2 aliphatic carbocycles. The van der Waals surface area contributed by atoms with Gasteiger partial charge in [0.2, 0.25) is 17.8 Å². The third kappa shape index (κ3) is 6.52. The quantitative estimate of drug-likeness (QED) is 0.149. The van der Waals surface area contributed by atoms with Crippen LogP contribution in [0.4, 0.5) is 23.0 Å². The maximum atomic E-state index is 13.5. The Balaban J connectivity index is 0.692. The highest BCUT2D eigenvalue weighted by Gasteiger charge is 2.54. The number of nitrogens with zero attached hydrogens (tertiary/aromatic N) is 9. The second-order valence-corrected chi connectivity index (χ2v) is 18.1. The predicted molar refractivity (Wildman–Crippen MR) is 237 cm³/mol. The second kappa shape index (κ2) is 15.0. The lowest BCUT2D eigenvalue weighted by atomic mass is 9.60. The number of allylic oxidation sites excluding steroid dienone is 1. The Bertz CT molecular complexity index is 2790. The summed E-state index contributed by atoms with van der Waals surface area (Å²) in [5.41, 5.74) is 6.59. The van der Waals surface area contributed by atoms with Gasteiger partial charge in [-0.1, -0.05) is 19.1 Å². The van der Waals surface area contributed by atoms with Gasteiger partial charge in [0.15, 0.2) is 11.5 Å². The average Bonchev–Trinajstić information content (AvgIpc) is 3.88. The summed E-state index contributed by atoms with van der Waals surface area (Å²) < 4.78 is 3.42. The van der Waals surface area contributed by atoms with Crippen LogP contribution in [0.25, 0.3) is 16.9 Å². The molecule has 4 aliphatic heterocycles. The zero-order chi connectivity index (χ0) is 43.1. The average molecular weight is 848 g/mol. The van der Waals surface area contributed by atoms with E-state index in [0.717, 1.165) is 80.5 Å². The number of nitrogens with one attached hydrogen (secondary N) is 2. The first-order chi connectivity index (χ1) is 30.6. The zero-order valence-corrected chi connectivity index (χ0v) is 35.3. The highest BCUT2D eigenvalue weighted by atomic mass is 16.2. The lowest BCUT2D eigenvalue weighted by molar-refractivity contribution is -0.136. The maximum absolute atomic E-state index is 13.5. The molecule has 2 unspecified atom stereocenters. The zero-order valence-electron chi connectivity index (χ0n) is 35.3. The normalized spacial score (nSPS) is 22.0. The van der Waals surface area contributed by atoms with Gasteiger partial charge in [0.25, 0.3) is 17.4 Å². The van der Waals surface area contributed by atoms with Crippen LogP contribution in [0, 0.1) is 5.41 Å². The third-order valence-electron chi connectivity index (χ3n) is 14.3. The minimum Gasteiger partial charge on any atom is -0.370 e. The Morgan fingerprint density at radius 2 is 1.62 bits per heavy atom. The van der Waals surface area contributed by atoms with Crippen molar-refractivity contribution in [1.29, 1.82) is 0 Å². The van der Waals surface area contributed by atoms with Crippen molar-refractivity contribution < 1.29 is 19.2 Å². The van der Waals surface area contributed by atoms with Crippen molar-refractivity contribution in [3.8, 4) is 5.82 Å². The molecule has 3 aromatic heterocycles. The topological polar surface area (TPSA) is 171 Å². The van der Waals surface area contributed by atoms with E-state index in [1.807, 2.05) is 24.3 Å². The number of carbonyl (C=O) groups excluding carboxylic acids is 4. The van der Waals surface area contributed by atoms with E-state index in [4.69, 9.17) is 9.97 Å². The van der Waals surface area contributed by atoms with E-state index in [1.54, 1.807) is 33.8 Å². The molecule has 4 fully saturated rings. The number of imide groups is 2. The van der Waals surface area contributed by atoms with Gasteiger partial charge in [0.05, 0.1) is 17.7 Å². The van der Waals surface area contributed by atoms with E-state index in [-0.39, 0.29) is 24.3 Å². The fraction of sp³-hybridized carbons (Fsp3) is 0.404. The van der Waals surface area contributed by atoms with E-state index in [0.29, 0.717) is 57.8 Å². The largest absolute Gasteiger partial charge is 0.370 e. The summed E-state index contributed by atoms with van der Waals surface area (Å²) in [5, 5.41) is 6.03. The molecule has 0 bridgehead atoms. The summed E-state index contributed by atoms with van der Waals surface area (Å²) in [5.74, 6) is -0.475. The number of amides is 4. The lowest BCUT2D eigenvalue weighted by Crippen LogP contribution is -2.68. The van der Waals surface area contributed by atoms with Crippen LogP contribution >= 0.6 is 0 Å². The number of hydrogen-bond donors (Lipinski definition) is 2. The molecule has 1 spiro atoms. The Morgan fingerprint density at radius 1 is 0.857 bits per heavy atom. The number of anilines is 4. The van der Waals surface area contributed by atoms with E-state index in [9.17, 15) is 24.0 Å². The first-order valence-corrected chi connectivity index (χ1v) is 22.2. The Hall–Kier alpha value is -6.68. The Morgan fingerprint density at radius 3 is 2.37 bits per heavy atom. The van der Waals surface area contributed by atoms with Gasteiger partial charge in [-0.25, -0.2) is 19.3 Å². The molecule has 16 nitrogen and oxygen atoms in total. The lowest BCUT2D eigenvalue weighted by Gasteiger charge is -2.62. The van der Waals surface area contributed by atoms with Crippen molar-refractivity contribution in [2.24, 2.45) is 5.41 Å². The van der Waals surface area contributed by atoms with E-state index >= 15 is 0 Å². The van der Waals surface area contributed by atoms with Crippen LogP contribution in [0.1, 0.15) is 83.3 Å². The highest BCUT2D eigenvalue weighted by Crippen LogP contribution is 2.51. The first kappa shape index (κ1) is 39.2. The Labute approximate surface area is 363 Å². The number of benzene rings is 2. The molecule has 2 atom stereocenters. The number of carbonyl (C=O) groups is 4. The summed E-state index contributed by atoms with van der Waals surface area (Å²) >= 11 is 0. The van der Waals surface area contributed by atoms with Crippen molar-refractivity contribution in [3.05, 3.63) is 106 Å². The van der Waals surface area contributed by atoms with Crippen molar-refractivity contribution in [1.82, 2.24) is 39.4 Å². The summed E-state index contributed by atoms with van der Waals surface area (Å²) in [6.07, 6.45) is 9.03. The number of piperidine rings is 1. The molecule has 7 heterocycles.